The number of para-hydroxylation sites is 1. The second-order valence-corrected chi connectivity index (χ2v) is 10.6. The minimum Gasteiger partial charge on any atom is -0.379 e. The number of imidazole rings is 1. The van der Waals surface area contributed by atoms with Crippen molar-refractivity contribution in [1.82, 2.24) is 23.8 Å². The Bertz CT molecular complexity index is 1460. The molecule has 4 heterocycles. The van der Waals surface area contributed by atoms with Crippen molar-refractivity contribution in [2.45, 2.75) is 14.9 Å². The Balaban J connectivity index is 1.45. The van der Waals surface area contributed by atoms with Gasteiger partial charge in [0.05, 0.1) is 18.7 Å². The fraction of sp³-hybridized carbons (Fsp3) is 0.217. The predicted molar refractivity (Wildman–Crippen MR) is 126 cm³/mol. The number of morpholine rings is 1. The molecule has 0 amide bonds. The van der Waals surface area contributed by atoms with E-state index in [0.717, 1.165) is 5.39 Å². The summed E-state index contributed by atoms with van der Waals surface area (Å²) >= 11 is 1.26. The molecule has 0 spiro atoms. The first-order chi connectivity index (χ1) is 16.4. The number of hydrogen-bond acceptors (Lipinski definition) is 8. The van der Waals surface area contributed by atoms with Crippen molar-refractivity contribution in [3.63, 3.8) is 0 Å². The van der Waals surface area contributed by atoms with Crippen LogP contribution in [0.5, 0.6) is 0 Å². The van der Waals surface area contributed by atoms with Gasteiger partial charge in [0.15, 0.2) is 5.82 Å². The summed E-state index contributed by atoms with van der Waals surface area (Å²) < 4.78 is 34.0. The fourth-order valence-corrected chi connectivity index (χ4v) is 5.85. The third-order valence-corrected chi connectivity index (χ3v) is 8.24. The molecular weight excluding hydrogens is 474 g/mol. The number of aromatic nitrogens is 4. The number of aryl methyl sites for hydroxylation is 1. The van der Waals surface area contributed by atoms with E-state index in [1.165, 1.54) is 22.3 Å². The van der Waals surface area contributed by atoms with Gasteiger partial charge in [0, 0.05) is 49.7 Å². The van der Waals surface area contributed by atoms with Crippen LogP contribution in [0.2, 0.25) is 0 Å². The number of pyridine rings is 2. The highest BCUT2D eigenvalue weighted by atomic mass is 32.2. The van der Waals surface area contributed by atoms with Crippen LogP contribution >= 0.6 is 11.8 Å². The van der Waals surface area contributed by atoms with Gasteiger partial charge in [0.2, 0.25) is 15.8 Å². The lowest BCUT2D eigenvalue weighted by Crippen LogP contribution is -2.40. The third-order valence-electron chi connectivity index (χ3n) is 5.49. The predicted octanol–water partition coefficient (Wildman–Crippen LogP) is 2.77. The SMILES string of the molecule is Cn1ccnc1C(=O)c1cc(Sc2ccc(S(=O)(=O)N3CCOCC3)cn2)nc2ccccc12. The molecule has 34 heavy (non-hydrogen) atoms. The van der Waals surface area contributed by atoms with Gasteiger partial charge in [-0.15, -0.1) is 0 Å². The highest BCUT2D eigenvalue weighted by molar-refractivity contribution is 7.99. The van der Waals surface area contributed by atoms with Crippen molar-refractivity contribution in [1.29, 1.82) is 0 Å². The van der Waals surface area contributed by atoms with Gasteiger partial charge < -0.3 is 9.30 Å². The molecule has 1 aromatic carbocycles. The normalized spacial score (nSPS) is 15.0. The van der Waals surface area contributed by atoms with Crippen LogP contribution in [-0.4, -0.2) is 64.3 Å². The maximum absolute atomic E-state index is 13.2. The van der Waals surface area contributed by atoms with Crippen LogP contribution < -0.4 is 0 Å². The van der Waals surface area contributed by atoms with Crippen molar-refractivity contribution in [2.75, 3.05) is 26.3 Å². The van der Waals surface area contributed by atoms with Gasteiger partial charge in [-0.1, -0.05) is 30.0 Å². The molecule has 4 aromatic rings. The topological polar surface area (TPSA) is 107 Å². The minimum atomic E-state index is -3.62. The number of nitrogens with zero attached hydrogens (tertiary/aromatic N) is 5. The Morgan fingerprint density at radius 1 is 1.06 bits per heavy atom. The summed E-state index contributed by atoms with van der Waals surface area (Å²) in [6.07, 6.45) is 4.67. The van der Waals surface area contributed by atoms with Gasteiger partial charge in [-0.25, -0.2) is 23.4 Å². The molecular formula is C23H21N5O4S2. The molecule has 9 nitrogen and oxygen atoms in total. The minimum absolute atomic E-state index is 0.135. The lowest BCUT2D eigenvalue weighted by atomic mass is 10.1. The highest BCUT2D eigenvalue weighted by Gasteiger charge is 2.26. The number of carbonyl (C=O) groups excluding carboxylic acids is 1. The summed E-state index contributed by atoms with van der Waals surface area (Å²) in [7, 11) is -1.84. The summed E-state index contributed by atoms with van der Waals surface area (Å²) in [5, 5.41) is 1.88. The molecule has 11 heteroatoms. The van der Waals surface area contributed by atoms with E-state index in [-0.39, 0.29) is 10.7 Å². The maximum Gasteiger partial charge on any atom is 0.244 e. The van der Waals surface area contributed by atoms with E-state index < -0.39 is 10.0 Å². The van der Waals surface area contributed by atoms with Crippen molar-refractivity contribution in [2.24, 2.45) is 7.05 Å². The van der Waals surface area contributed by atoms with Crippen molar-refractivity contribution >= 4 is 38.5 Å². The Kier molecular flexibility index (Phi) is 6.17. The van der Waals surface area contributed by atoms with Gasteiger partial charge in [0.25, 0.3) is 0 Å². The first-order valence-electron chi connectivity index (χ1n) is 10.6. The van der Waals surface area contributed by atoms with Crippen molar-refractivity contribution in [3.05, 3.63) is 72.4 Å². The van der Waals surface area contributed by atoms with Crippen LogP contribution in [0.25, 0.3) is 10.9 Å². The fourth-order valence-electron chi connectivity index (χ4n) is 3.72. The Morgan fingerprint density at radius 2 is 1.85 bits per heavy atom. The first-order valence-corrected chi connectivity index (χ1v) is 12.8. The second-order valence-electron chi connectivity index (χ2n) is 7.67. The average Bonchev–Trinajstić information content (AvgIpc) is 3.30. The zero-order chi connectivity index (χ0) is 23.7. The van der Waals surface area contributed by atoms with E-state index in [1.54, 1.807) is 42.2 Å². The molecule has 0 bridgehead atoms. The summed E-state index contributed by atoms with van der Waals surface area (Å²) in [6, 6.07) is 12.3. The van der Waals surface area contributed by atoms with Crippen molar-refractivity contribution < 1.29 is 17.9 Å². The molecule has 0 unspecified atom stereocenters. The monoisotopic (exact) mass is 495 g/mol. The molecule has 0 N–H and O–H groups in total. The standard InChI is InChI=1S/C23H21N5O4S2/c1-27-9-8-24-23(27)22(29)18-14-21(26-19-5-3-2-4-17(18)19)33-20-7-6-16(15-25-20)34(30,31)28-10-12-32-13-11-28/h2-9,14-15H,10-13H2,1H3. The van der Waals surface area contributed by atoms with Crippen LogP contribution in [0.3, 0.4) is 0 Å². The number of sulfonamides is 1. The molecule has 0 aliphatic carbocycles. The van der Waals surface area contributed by atoms with Crippen LogP contribution in [0.15, 0.2) is 76.0 Å². The molecule has 0 atom stereocenters. The molecule has 0 saturated carbocycles. The molecule has 0 radical (unpaired) electrons. The largest absolute Gasteiger partial charge is 0.379 e. The molecule has 1 aliphatic heterocycles. The number of ketones is 1. The lowest BCUT2D eigenvalue weighted by Gasteiger charge is -2.25. The van der Waals surface area contributed by atoms with Crippen molar-refractivity contribution in [3.8, 4) is 0 Å². The van der Waals surface area contributed by atoms with E-state index in [2.05, 4.69) is 15.0 Å². The number of benzene rings is 1. The molecule has 174 valence electrons. The Labute approximate surface area is 200 Å². The first kappa shape index (κ1) is 22.7. The number of carbonyl (C=O) groups is 1. The third kappa shape index (κ3) is 4.34. The smallest absolute Gasteiger partial charge is 0.244 e. The number of rotatable bonds is 6. The number of ether oxygens (including phenoxy) is 1. The molecule has 1 saturated heterocycles. The lowest BCUT2D eigenvalue weighted by molar-refractivity contribution is 0.0730. The van der Waals surface area contributed by atoms with Gasteiger partial charge in [0.1, 0.15) is 14.9 Å². The second kappa shape index (κ2) is 9.26. The van der Waals surface area contributed by atoms with E-state index in [4.69, 9.17) is 4.74 Å². The van der Waals surface area contributed by atoms with E-state index in [9.17, 15) is 13.2 Å². The highest BCUT2D eigenvalue weighted by Crippen LogP contribution is 2.30. The summed E-state index contributed by atoms with van der Waals surface area (Å²) in [4.78, 5) is 26.6. The molecule has 5 rings (SSSR count). The van der Waals surface area contributed by atoms with E-state index in [1.807, 2.05) is 24.3 Å². The number of hydrogen-bond donors (Lipinski definition) is 0. The quantitative estimate of drug-likeness (QED) is 0.376. The zero-order valence-corrected chi connectivity index (χ0v) is 19.9. The summed E-state index contributed by atoms with van der Waals surface area (Å²) in [5.41, 5.74) is 1.17. The van der Waals surface area contributed by atoms with Gasteiger partial charge >= 0.3 is 0 Å². The van der Waals surface area contributed by atoms with Gasteiger partial charge in [-0.2, -0.15) is 4.31 Å². The Morgan fingerprint density at radius 3 is 2.56 bits per heavy atom. The summed E-state index contributed by atoms with van der Waals surface area (Å²) in [5.74, 6) is 0.135. The van der Waals surface area contributed by atoms with E-state index in [0.29, 0.717) is 53.3 Å². The van der Waals surface area contributed by atoms with Gasteiger partial charge in [-0.3, -0.25) is 4.79 Å². The van der Waals surface area contributed by atoms with Crippen LogP contribution in [0.1, 0.15) is 16.2 Å². The average molecular weight is 496 g/mol. The molecule has 3 aromatic heterocycles. The molecule has 1 aliphatic rings. The van der Waals surface area contributed by atoms with Crippen LogP contribution in [0.4, 0.5) is 0 Å². The zero-order valence-electron chi connectivity index (χ0n) is 18.3. The number of fused-ring (bicyclic) bond motifs is 1. The molecule has 1 fully saturated rings. The van der Waals surface area contributed by atoms with E-state index >= 15 is 0 Å². The summed E-state index contributed by atoms with van der Waals surface area (Å²) in [6.45, 7) is 1.42. The Hall–Kier alpha value is -3.12. The maximum atomic E-state index is 13.2. The van der Waals surface area contributed by atoms with Crippen LogP contribution in [-0.2, 0) is 21.8 Å². The van der Waals surface area contributed by atoms with Crippen LogP contribution in [0, 0.1) is 0 Å². The van der Waals surface area contributed by atoms with Gasteiger partial charge in [-0.05, 0) is 24.3 Å².